The van der Waals surface area contributed by atoms with Gasteiger partial charge in [0.15, 0.2) is 0 Å². The van der Waals surface area contributed by atoms with E-state index >= 15 is 0 Å². The lowest BCUT2D eigenvalue weighted by Gasteiger charge is -2.11. The molecule has 0 radical (unpaired) electrons. The van der Waals surface area contributed by atoms with Crippen molar-refractivity contribution in [2.75, 3.05) is 0 Å². The fourth-order valence-electron chi connectivity index (χ4n) is 0.667. The van der Waals surface area contributed by atoms with Crippen LogP contribution in [0.4, 0.5) is 13.2 Å². The predicted molar refractivity (Wildman–Crippen MR) is 36.1 cm³/mol. The van der Waals surface area contributed by atoms with Crippen molar-refractivity contribution in [3.05, 3.63) is 12.7 Å². The summed E-state index contributed by atoms with van der Waals surface area (Å²) in [5.41, 5.74) is 0. The van der Waals surface area contributed by atoms with Gasteiger partial charge in [0.1, 0.15) is 6.17 Å². The maximum atomic E-state index is 12.4. The summed E-state index contributed by atoms with van der Waals surface area (Å²) in [4.78, 5) is 0. The molecule has 66 valence electrons. The number of aliphatic hydroxyl groups is 1. The van der Waals surface area contributed by atoms with Gasteiger partial charge in [0.05, 0.1) is 6.42 Å². The SMILES string of the molecule is C=CCC[C@H](F)CC(O)(F)F. The van der Waals surface area contributed by atoms with Crippen molar-refractivity contribution in [3.63, 3.8) is 0 Å². The maximum absolute atomic E-state index is 12.4. The van der Waals surface area contributed by atoms with Gasteiger partial charge in [-0.15, -0.1) is 6.58 Å². The van der Waals surface area contributed by atoms with Crippen LogP contribution in [0, 0.1) is 0 Å². The summed E-state index contributed by atoms with van der Waals surface area (Å²) in [5, 5.41) is 7.89. The molecule has 0 aromatic carbocycles. The summed E-state index contributed by atoms with van der Waals surface area (Å²) in [5.74, 6) is 0. The molecule has 4 heteroatoms. The first-order chi connectivity index (χ1) is 4.95. The Balaban J connectivity index is 3.51. The van der Waals surface area contributed by atoms with Crippen LogP contribution in [0.15, 0.2) is 12.7 Å². The van der Waals surface area contributed by atoms with Gasteiger partial charge in [0, 0.05) is 0 Å². The fraction of sp³-hybridized carbons (Fsp3) is 0.714. The molecular weight excluding hydrogens is 157 g/mol. The van der Waals surface area contributed by atoms with Crippen LogP contribution < -0.4 is 0 Å². The molecule has 0 aromatic rings. The molecule has 1 N–H and O–H groups in total. The Morgan fingerprint density at radius 3 is 2.45 bits per heavy atom. The minimum Gasteiger partial charge on any atom is -0.336 e. The molecule has 0 spiro atoms. The number of rotatable bonds is 5. The number of hydrogen-bond acceptors (Lipinski definition) is 1. The Morgan fingerprint density at radius 1 is 1.55 bits per heavy atom. The van der Waals surface area contributed by atoms with Crippen LogP contribution in [-0.4, -0.2) is 17.4 Å². The summed E-state index contributed by atoms with van der Waals surface area (Å²) in [6.07, 6.45) is -4.89. The zero-order chi connectivity index (χ0) is 8.91. The Hall–Kier alpha value is -0.510. The van der Waals surface area contributed by atoms with Gasteiger partial charge in [-0.05, 0) is 12.8 Å². The van der Waals surface area contributed by atoms with Gasteiger partial charge < -0.3 is 5.11 Å². The molecule has 0 aliphatic rings. The van der Waals surface area contributed by atoms with Gasteiger partial charge in [-0.1, -0.05) is 6.08 Å². The van der Waals surface area contributed by atoms with E-state index in [9.17, 15) is 13.2 Å². The van der Waals surface area contributed by atoms with Crippen molar-refractivity contribution in [1.82, 2.24) is 0 Å². The molecule has 1 atom stereocenters. The van der Waals surface area contributed by atoms with E-state index in [1.54, 1.807) is 0 Å². The maximum Gasteiger partial charge on any atom is 0.356 e. The van der Waals surface area contributed by atoms with Gasteiger partial charge in [-0.2, -0.15) is 8.78 Å². The highest BCUT2D eigenvalue weighted by Gasteiger charge is 2.28. The molecule has 0 aromatic heterocycles. The van der Waals surface area contributed by atoms with Crippen LogP contribution in [0.2, 0.25) is 0 Å². The van der Waals surface area contributed by atoms with Crippen molar-refractivity contribution in [2.24, 2.45) is 0 Å². The Kier molecular flexibility index (Phi) is 4.18. The smallest absolute Gasteiger partial charge is 0.336 e. The van der Waals surface area contributed by atoms with E-state index in [1.165, 1.54) is 6.08 Å². The highest BCUT2D eigenvalue weighted by molar-refractivity contribution is 4.70. The van der Waals surface area contributed by atoms with Crippen LogP contribution in [0.5, 0.6) is 0 Å². The van der Waals surface area contributed by atoms with E-state index < -0.39 is 18.7 Å². The van der Waals surface area contributed by atoms with Crippen LogP contribution in [0.1, 0.15) is 19.3 Å². The van der Waals surface area contributed by atoms with E-state index in [0.717, 1.165) is 0 Å². The van der Waals surface area contributed by atoms with Crippen molar-refractivity contribution < 1.29 is 18.3 Å². The third kappa shape index (κ3) is 7.39. The Bertz CT molecular complexity index is 119. The van der Waals surface area contributed by atoms with E-state index in [4.69, 9.17) is 5.11 Å². The molecule has 0 rings (SSSR count). The normalized spacial score (nSPS) is 14.5. The number of halogens is 3. The molecule has 0 aliphatic heterocycles. The van der Waals surface area contributed by atoms with Crippen molar-refractivity contribution >= 4 is 0 Å². The molecule has 0 saturated carbocycles. The molecule has 0 amide bonds. The first-order valence-electron chi connectivity index (χ1n) is 3.31. The van der Waals surface area contributed by atoms with Gasteiger partial charge >= 0.3 is 6.11 Å². The van der Waals surface area contributed by atoms with Crippen molar-refractivity contribution in [1.29, 1.82) is 0 Å². The highest BCUT2D eigenvalue weighted by atomic mass is 19.3. The van der Waals surface area contributed by atoms with Crippen LogP contribution >= 0.6 is 0 Å². The summed E-state index contributed by atoms with van der Waals surface area (Å²) < 4.78 is 35.8. The molecule has 0 saturated heterocycles. The average molecular weight is 168 g/mol. The first-order valence-corrected chi connectivity index (χ1v) is 3.31. The summed E-state index contributed by atoms with van der Waals surface area (Å²) in [7, 11) is 0. The van der Waals surface area contributed by atoms with Gasteiger partial charge in [0.2, 0.25) is 0 Å². The van der Waals surface area contributed by atoms with Crippen molar-refractivity contribution in [2.45, 2.75) is 31.5 Å². The topological polar surface area (TPSA) is 20.2 Å². The second-order valence-corrected chi connectivity index (χ2v) is 2.33. The zero-order valence-electron chi connectivity index (χ0n) is 6.06. The zero-order valence-corrected chi connectivity index (χ0v) is 6.06. The van der Waals surface area contributed by atoms with Gasteiger partial charge in [-0.3, -0.25) is 0 Å². The summed E-state index contributed by atoms with van der Waals surface area (Å²) >= 11 is 0. The number of alkyl halides is 3. The Morgan fingerprint density at radius 2 is 2.09 bits per heavy atom. The summed E-state index contributed by atoms with van der Waals surface area (Å²) in [6, 6.07) is 0. The lowest BCUT2D eigenvalue weighted by Crippen LogP contribution is -2.20. The Labute approximate surface area is 63.5 Å². The number of allylic oxidation sites excluding steroid dienone is 1. The first kappa shape index (κ1) is 10.5. The molecule has 0 fully saturated rings. The number of hydrogen-bond donors (Lipinski definition) is 1. The third-order valence-corrected chi connectivity index (χ3v) is 1.15. The second-order valence-electron chi connectivity index (χ2n) is 2.33. The van der Waals surface area contributed by atoms with Gasteiger partial charge in [-0.25, -0.2) is 4.39 Å². The van der Waals surface area contributed by atoms with Gasteiger partial charge in [0.25, 0.3) is 0 Å². The van der Waals surface area contributed by atoms with E-state index in [1.807, 2.05) is 0 Å². The predicted octanol–water partition coefficient (Wildman–Crippen LogP) is 2.27. The molecule has 1 nitrogen and oxygen atoms in total. The highest BCUT2D eigenvalue weighted by Crippen LogP contribution is 2.20. The minimum atomic E-state index is -3.89. The summed E-state index contributed by atoms with van der Waals surface area (Å²) in [6.45, 7) is 3.31. The fourth-order valence-corrected chi connectivity index (χ4v) is 0.667. The standard InChI is InChI=1S/C7H11F3O/c1-2-3-4-6(8)5-7(9,10)11/h2,6,11H,1,3-5H2/t6-/m0/s1. The molecule has 11 heavy (non-hydrogen) atoms. The van der Waals surface area contributed by atoms with E-state index in [-0.39, 0.29) is 6.42 Å². The average Bonchev–Trinajstić information content (AvgIpc) is 1.79. The molecule has 0 unspecified atom stereocenters. The van der Waals surface area contributed by atoms with Crippen LogP contribution in [0.3, 0.4) is 0 Å². The van der Waals surface area contributed by atoms with Crippen LogP contribution in [-0.2, 0) is 0 Å². The molecule has 0 heterocycles. The minimum absolute atomic E-state index is 0.0142. The second kappa shape index (κ2) is 4.38. The molecular formula is C7H11F3O. The van der Waals surface area contributed by atoms with Crippen LogP contribution in [0.25, 0.3) is 0 Å². The third-order valence-electron chi connectivity index (χ3n) is 1.15. The largest absolute Gasteiger partial charge is 0.356 e. The lowest BCUT2D eigenvalue weighted by atomic mass is 10.1. The lowest BCUT2D eigenvalue weighted by molar-refractivity contribution is -0.211. The van der Waals surface area contributed by atoms with E-state index in [2.05, 4.69) is 6.58 Å². The van der Waals surface area contributed by atoms with Crippen molar-refractivity contribution in [3.8, 4) is 0 Å². The molecule has 0 aliphatic carbocycles. The van der Waals surface area contributed by atoms with E-state index in [0.29, 0.717) is 6.42 Å². The molecule has 0 bridgehead atoms. The quantitative estimate of drug-likeness (QED) is 0.624. The monoisotopic (exact) mass is 168 g/mol.